The van der Waals surface area contributed by atoms with Crippen molar-refractivity contribution in [3.05, 3.63) is 102 Å². The Kier molecular flexibility index (Phi) is 4.79. The van der Waals surface area contributed by atoms with Gasteiger partial charge in [0.05, 0.1) is 10.6 Å². The number of rotatable bonds is 4. The Morgan fingerprint density at radius 1 is 0.893 bits per heavy atom. The van der Waals surface area contributed by atoms with Crippen molar-refractivity contribution in [2.45, 2.75) is 11.3 Å². The first kappa shape index (κ1) is 18.1. The van der Waals surface area contributed by atoms with Gasteiger partial charge in [-0.1, -0.05) is 48.5 Å². The molecule has 1 aromatic heterocycles. The monoisotopic (exact) mass is 390 g/mol. The third-order valence-electron chi connectivity index (χ3n) is 4.62. The minimum absolute atomic E-state index is 0.0474. The zero-order valence-corrected chi connectivity index (χ0v) is 15.8. The van der Waals surface area contributed by atoms with Crippen molar-refractivity contribution in [3.8, 4) is 0 Å². The molecule has 2 heterocycles. The summed E-state index contributed by atoms with van der Waals surface area (Å²) in [5.41, 5.74) is 1.85. The lowest BCUT2D eigenvalue weighted by molar-refractivity contribution is 0.100. The van der Waals surface area contributed by atoms with E-state index in [4.69, 9.17) is 0 Å². The number of Topliss-reactive ketones (excluding diaryl/α,β-unsaturated/α-hetero) is 1. The molecule has 0 aliphatic carbocycles. The van der Waals surface area contributed by atoms with E-state index in [0.29, 0.717) is 12.1 Å². The van der Waals surface area contributed by atoms with Crippen molar-refractivity contribution < 1.29 is 13.2 Å². The average Bonchev–Trinajstić information content (AvgIpc) is 2.73. The molecule has 4 rings (SSSR count). The van der Waals surface area contributed by atoms with Gasteiger partial charge in [-0.05, 0) is 42.3 Å². The molecule has 0 N–H and O–H groups in total. The highest BCUT2D eigenvalue weighted by atomic mass is 32.2. The molecule has 6 heteroatoms. The predicted octanol–water partition coefficient (Wildman–Crippen LogP) is 3.55. The standard InChI is InChI=1S/C22H18N2O3S/c25-22-19-11-4-5-12-21(19)28(26,27)24(15-13-17-8-2-1-3-9-17)20(22)16-18-10-6-7-14-23-18/h1-12,14,16H,13,15H2/b20-16+. The molecular weight excluding hydrogens is 372 g/mol. The molecule has 1 aliphatic heterocycles. The Bertz CT molecular complexity index is 1140. The molecule has 0 fully saturated rings. The van der Waals surface area contributed by atoms with Crippen LogP contribution in [0.3, 0.4) is 0 Å². The van der Waals surface area contributed by atoms with Crippen molar-refractivity contribution >= 4 is 21.9 Å². The van der Waals surface area contributed by atoms with Crippen LogP contribution in [-0.2, 0) is 16.4 Å². The first-order chi connectivity index (χ1) is 13.6. The zero-order chi connectivity index (χ0) is 19.6. The van der Waals surface area contributed by atoms with Crippen LogP contribution < -0.4 is 0 Å². The highest BCUT2D eigenvalue weighted by molar-refractivity contribution is 7.89. The van der Waals surface area contributed by atoms with Gasteiger partial charge in [0.15, 0.2) is 0 Å². The number of sulfonamides is 1. The predicted molar refractivity (Wildman–Crippen MR) is 107 cm³/mol. The van der Waals surface area contributed by atoms with Crippen molar-refractivity contribution in [2.24, 2.45) is 0 Å². The molecule has 0 saturated heterocycles. The molecule has 28 heavy (non-hydrogen) atoms. The molecule has 0 atom stereocenters. The van der Waals surface area contributed by atoms with Crippen molar-refractivity contribution in [3.63, 3.8) is 0 Å². The lowest BCUT2D eigenvalue weighted by Gasteiger charge is -2.31. The van der Waals surface area contributed by atoms with Gasteiger partial charge in [0.2, 0.25) is 5.78 Å². The number of nitrogens with zero attached hydrogens (tertiary/aromatic N) is 2. The number of hydrogen-bond donors (Lipinski definition) is 0. The number of ketones is 1. The summed E-state index contributed by atoms with van der Waals surface area (Å²) in [6, 6.07) is 21.2. The lowest BCUT2D eigenvalue weighted by Crippen LogP contribution is -2.40. The van der Waals surface area contributed by atoms with Crippen LogP contribution in [0.5, 0.6) is 0 Å². The number of carbonyl (C=O) groups is 1. The highest BCUT2D eigenvalue weighted by Gasteiger charge is 2.38. The topological polar surface area (TPSA) is 67.3 Å². The fraction of sp³-hybridized carbons (Fsp3) is 0.0909. The van der Waals surface area contributed by atoms with Gasteiger partial charge >= 0.3 is 0 Å². The van der Waals surface area contributed by atoms with E-state index >= 15 is 0 Å². The maximum Gasteiger partial charge on any atom is 0.265 e. The molecule has 3 aromatic rings. The second-order valence-corrected chi connectivity index (χ2v) is 8.25. The molecule has 1 aliphatic rings. The molecule has 0 unspecified atom stereocenters. The Morgan fingerprint density at radius 2 is 1.61 bits per heavy atom. The number of hydrogen-bond acceptors (Lipinski definition) is 4. The van der Waals surface area contributed by atoms with Crippen LogP contribution in [0, 0.1) is 0 Å². The van der Waals surface area contributed by atoms with Gasteiger partial charge in [-0.3, -0.25) is 14.1 Å². The van der Waals surface area contributed by atoms with Crippen LogP contribution in [0.25, 0.3) is 6.08 Å². The summed E-state index contributed by atoms with van der Waals surface area (Å²) in [6.07, 6.45) is 3.65. The van der Waals surface area contributed by atoms with E-state index in [1.165, 1.54) is 10.4 Å². The van der Waals surface area contributed by atoms with Crippen molar-refractivity contribution in [2.75, 3.05) is 6.54 Å². The van der Waals surface area contributed by atoms with Gasteiger partial charge < -0.3 is 0 Å². The van der Waals surface area contributed by atoms with Crippen LogP contribution in [0.1, 0.15) is 21.6 Å². The van der Waals surface area contributed by atoms with Gasteiger partial charge in [-0.25, -0.2) is 8.42 Å². The van der Waals surface area contributed by atoms with E-state index in [2.05, 4.69) is 4.98 Å². The summed E-state index contributed by atoms with van der Waals surface area (Å²) in [6.45, 7) is 0.172. The highest BCUT2D eigenvalue weighted by Crippen LogP contribution is 2.33. The largest absolute Gasteiger partial charge is 0.287 e. The van der Waals surface area contributed by atoms with Gasteiger partial charge in [0.1, 0.15) is 5.70 Å². The Labute approximate surface area is 164 Å². The first-order valence-electron chi connectivity index (χ1n) is 8.90. The molecule has 140 valence electrons. The van der Waals surface area contributed by atoms with Crippen LogP contribution in [0.15, 0.2) is 89.6 Å². The zero-order valence-electron chi connectivity index (χ0n) is 15.0. The summed E-state index contributed by atoms with van der Waals surface area (Å²) in [5, 5.41) is 0. The van der Waals surface area contributed by atoms with E-state index in [9.17, 15) is 13.2 Å². The summed E-state index contributed by atoms with van der Waals surface area (Å²) < 4.78 is 27.8. The summed E-state index contributed by atoms with van der Waals surface area (Å²) in [5.74, 6) is -0.316. The summed E-state index contributed by atoms with van der Waals surface area (Å²) in [4.78, 5) is 17.4. The SMILES string of the molecule is O=C1/C(=C\c2ccccn2)N(CCc2ccccc2)S(=O)(=O)c2ccccc21. The van der Waals surface area contributed by atoms with E-state index in [0.717, 1.165) is 5.56 Å². The molecule has 0 saturated carbocycles. The van der Waals surface area contributed by atoms with Crippen LogP contribution in [0.4, 0.5) is 0 Å². The fourth-order valence-corrected chi connectivity index (χ4v) is 4.89. The van der Waals surface area contributed by atoms with Crippen LogP contribution in [0.2, 0.25) is 0 Å². The Morgan fingerprint density at radius 3 is 2.36 bits per heavy atom. The van der Waals surface area contributed by atoms with Gasteiger partial charge in [-0.2, -0.15) is 0 Å². The molecule has 0 bridgehead atoms. The van der Waals surface area contributed by atoms with Gasteiger partial charge in [-0.15, -0.1) is 0 Å². The van der Waals surface area contributed by atoms with E-state index in [1.54, 1.807) is 48.7 Å². The molecule has 0 radical (unpaired) electrons. The third-order valence-corrected chi connectivity index (χ3v) is 6.49. The van der Waals surface area contributed by atoms with Crippen molar-refractivity contribution in [1.29, 1.82) is 0 Å². The number of fused-ring (bicyclic) bond motifs is 1. The molecule has 0 spiro atoms. The van der Waals surface area contributed by atoms with Gasteiger partial charge in [0, 0.05) is 18.3 Å². The second-order valence-electron chi connectivity index (χ2n) is 6.42. The first-order valence-corrected chi connectivity index (χ1v) is 10.3. The van der Waals surface area contributed by atoms with E-state index in [1.807, 2.05) is 30.3 Å². The van der Waals surface area contributed by atoms with E-state index < -0.39 is 10.0 Å². The maximum absolute atomic E-state index is 13.3. The number of carbonyl (C=O) groups excluding carboxylic acids is 1. The number of benzene rings is 2. The maximum atomic E-state index is 13.3. The normalized spacial score (nSPS) is 16.8. The number of allylic oxidation sites excluding steroid dienone is 1. The summed E-state index contributed by atoms with van der Waals surface area (Å²) in [7, 11) is -3.84. The number of aromatic nitrogens is 1. The number of pyridine rings is 1. The molecular formula is C22H18N2O3S. The van der Waals surface area contributed by atoms with Crippen molar-refractivity contribution in [1.82, 2.24) is 9.29 Å². The second kappa shape index (κ2) is 7.40. The smallest absolute Gasteiger partial charge is 0.265 e. The van der Waals surface area contributed by atoms with Gasteiger partial charge in [0.25, 0.3) is 10.0 Å². The average molecular weight is 390 g/mol. The lowest BCUT2D eigenvalue weighted by atomic mass is 10.1. The Hall–Kier alpha value is -3.25. The van der Waals surface area contributed by atoms with Crippen LogP contribution >= 0.6 is 0 Å². The van der Waals surface area contributed by atoms with E-state index in [-0.39, 0.29) is 28.5 Å². The fourth-order valence-electron chi connectivity index (χ4n) is 3.23. The molecule has 2 aromatic carbocycles. The quantitative estimate of drug-likeness (QED) is 0.639. The molecule has 0 amide bonds. The van der Waals surface area contributed by atoms with Crippen LogP contribution in [-0.4, -0.2) is 30.0 Å². The third kappa shape index (κ3) is 3.34. The summed E-state index contributed by atoms with van der Waals surface area (Å²) >= 11 is 0. The minimum Gasteiger partial charge on any atom is -0.287 e. The minimum atomic E-state index is -3.84. The Balaban J connectivity index is 1.81. The molecule has 5 nitrogen and oxygen atoms in total.